The molecule has 2 saturated heterocycles. The normalized spacial score (nSPS) is 27.4. The fourth-order valence-electron chi connectivity index (χ4n) is 2.31. The molecule has 6 nitrogen and oxygen atoms in total. The molecular formula is C10H20N2O4S. The number of hydrogen-bond donors (Lipinski definition) is 2. The van der Waals surface area contributed by atoms with Crippen LogP contribution < -0.4 is 0 Å². The summed E-state index contributed by atoms with van der Waals surface area (Å²) in [6, 6.07) is 0. The lowest BCUT2D eigenvalue weighted by molar-refractivity contribution is 0.0986. The van der Waals surface area contributed by atoms with Crippen LogP contribution in [-0.4, -0.2) is 65.6 Å². The number of rotatable bonds is 2. The Balaban J connectivity index is 1.98. The van der Waals surface area contributed by atoms with Crippen LogP contribution in [0.5, 0.6) is 0 Å². The van der Waals surface area contributed by atoms with E-state index in [1.807, 2.05) is 0 Å². The molecule has 2 heterocycles. The monoisotopic (exact) mass is 264 g/mol. The molecule has 0 spiro atoms. The highest BCUT2D eigenvalue weighted by atomic mass is 32.2. The van der Waals surface area contributed by atoms with Gasteiger partial charge in [-0.15, -0.1) is 0 Å². The van der Waals surface area contributed by atoms with E-state index in [9.17, 15) is 18.6 Å². The molecule has 17 heavy (non-hydrogen) atoms. The van der Waals surface area contributed by atoms with Crippen LogP contribution >= 0.6 is 0 Å². The average Bonchev–Trinajstić information content (AvgIpc) is 2.30. The van der Waals surface area contributed by atoms with Crippen LogP contribution in [0.15, 0.2) is 0 Å². The van der Waals surface area contributed by atoms with E-state index in [1.54, 1.807) is 0 Å². The fourth-order valence-corrected chi connectivity index (χ4v) is 3.98. The van der Waals surface area contributed by atoms with E-state index >= 15 is 0 Å². The van der Waals surface area contributed by atoms with Gasteiger partial charge in [0.1, 0.15) is 0 Å². The lowest BCUT2D eigenvalue weighted by atomic mass is 10.1. The fraction of sp³-hybridized carbons (Fsp3) is 1.00. The Kier molecular flexibility index (Phi) is 4.04. The number of aliphatic hydroxyl groups excluding tert-OH is 2. The third kappa shape index (κ3) is 2.97. The topological polar surface area (TPSA) is 81.1 Å². The Morgan fingerprint density at radius 3 is 1.35 bits per heavy atom. The molecule has 0 aliphatic carbocycles. The number of aliphatic hydroxyl groups is 2. The zero-order valence-corrected chi connectivity index (χ0v) is 10.6. The Morgan fingerprint density at radius 2 is 1.06 bits per heavy atom. The van der Waals surface area contributed by atoms with Gasteiger partial charge in [-0.25, -0.2) is 0 Å². The van der Waals surface area contributed by atoms with Crippen molar-refractivity contribution in [3.8, 4) is 0 Å². The minimum atomic E-state index is -3.39. The Labute approximate surface area is 102 Å². The van der Waals surface area contributed by atoms with Gasteiger partial charge in [0.25, 0.3) is 10.2 Å². The van der Waals surface area contributed by atoms with Crippen LogP contribution in [0.1, 0.15) is 25.7 Å². The summed E-state index contributed by atoms with van der Waals surface area (Å²) < 4.78 is 27.4. The van der Waals surface area contributed by atoms with E-state index in [1.165, 1.54) is 8.61 Å². The van der Waals surface area contributed by atoms with Gasteiger partial charge in [0, 0.05) is 26.2 Å². The predicted molar refractivity (Wildman–Crippen MR) is 62.5 cm³/mol. The molecule has 100 valence electrons. The lowest BCUT2D eigenvalue weighted by Gasteiger charge is -2.36. The second kappa shape index (κ2) is 5.19. The molecule has 0 aromatic carbocycles. The van der Waals surface area contributed by atoms with E-state index in [-0.39, 0.29) is 12.2 Å². The van der Waals surface area contributed by atoms with Gasteiger partial charge in [0.05, 0.1) is 12.2 Å². The van der Waals surface area contributed by atoms with E-state index in [0.29, 0.717) is 51.9 Å². The van der Waals surface area contributed by atoms with Gasteiger partial charge in [0.2, 0.25) is 0 Å². The SMILES string of the molecule is O=S(=O)(N1CCC(O)CC1)N1CCC(O)CC1. The molecule has 2 aliphatic heterocycles. The first kappa shape index (κ1) is 13.2. The van der Waals surface area contributed by atoms with E-state index in [2.05, 4.69) is 0 Å². The van der Waals surface area contributed by atoms with E-state index in [0.717, 1.165) is 0 Å². The first-order valence-electron chi connectivity index (χ1n) is 6.11. The van der Waals surface area contributed by atoms with Crippen LogP contribution in [0.4, 0.5) is 0 Å². The maximum Gasteiger partial charge on any atom is 0.281 e. The molecule has 7 heteroatoms. The summed E-state index contributed by atoms with van der Waals surface area (Å²) in [5.74, 6) is 0. The summed E-state index contributed by atoms with van der Waals surface area (Å²) >= 11 is 0. The molecular weight excluding hydrogens is 244 g/mol. The van der Waals surface area contributed by atoms with Gasteiger partial charge < -0.3 is 10.2 Å². The highest BCUT2D eigenvalue weighted by molar-refractivity contribution is 7.86. The standard InChI is InChI=1S/C10H20N2O4S/c13-9-1-5-11(6-2-9)17(15,16)12-7-3-10(14)4-8-12/h9-10,13-14H,1-8H2. The molecule has 0 unspecified atom stereocenters. The zero-order valence-electron chi connectivity index (χ0n) is 9.83. The molecule has 0 radical (unpaired) electrons. The minimum Gasteiger partial charge on any atom is -0.393 e. The summed E-state index contributed by atoms with van der Waals surface area (Å²) in [6.07, 6.45) is 1.30. The van der Waals surface area contributed by atoms with E-state index < -0.39 is 10.2 Å². The first-order chi connectivity index (χ1) is 8.00. The van der Waals surface area contributed by atoms with Gasteiger partial charge >= 0.3 is 0 Å². The van der Waals surface area contributed by atoms with Crippen molar-refractivity contribution in [2.45, 2.75) is 37.9 Å². The van der Waals surface area contributed by atoms with Crippen LogP contribution in [0.25, 0.3) is 0 Å². The van der Waals surface area contributed by atoms with Gasteiger partial charge in [-0.2, -0.15) is 17.0 Å². The van der Waals surface area contributed by atoms with Crippen molar-refractivity contribution >= 4 is 10.2 Å². The van der Waals surface area contributed by atoms with Crippen LogP contribution in [-0.2, 0) is 10.2 Å². The van der Waals surface area contributed by atoms with Crippen molar-refractivity contribution < 1.29 is 18.6 Å². The van der Waals surface area contributed by atoms with Crippen molar-refractivity contribution in [3.63, 3.8) is 0 Å². The molecule has 0 aromatic rings. The van der Waals surface area contributed by atoms with Gasteiger partial charge in [-0.05, 0) is 25.7 Å². The number of piperidine rings is 2. The quantitative estimate of drug-likeness (QED) is 0.680. The maximum atomic E-state index is 12.2. The summed E-state index contributed by atoms with van der Waals surface area (Å²) in [4.78, 5) is 0. The molecule has 2 rings (SSSR count). The third-order valence-corrected chi connectivity index (χ3v) is 5.53. The molecule has 2 N–H and O–H groups in total. The van der Waals surface area contributed by atoms with Gasteiger partial charge in [-0.3, -0.25) is 0 Å². The summed E-state index contributed by atoms with van der Waals surface area (Å²) in [7, 11) is -3.39. The van der Waals surface area contributed by atoms with Crippen LogP contribution in [0, 0.1) is 0 Å². The van der Waals surface area contributed by atoms with Crippen molar-refractivity contribution in [2.24, 2.45) is 0 Å². The van der Waals surface area contributed by atoms with Crippen LogP contribution in [0.3, 0.4) is 0 Å². The first-order valence-corrected chi connectivity index (χ1v) is 7.51. The Bertz CT molecular complexity index is 315. The highest BCUT2D eigenvalue weighted by Crippen LogP contribution is 2.20. The predicted octanol–water partition coefficient (Wildman–Crippen LogP) is -0.855. The lowest BCUT2D eigenvalue weighted by Crippen LogP contribution is -2.50. The van der Waals surface area contributed by atoms with Crippen molar-refractivity contribution in [1.29, 1.82) is 0 Å². The number of hydrogen-bond acceptors (Lipinski definition) is 4. The molecule has 0 amide bonds. The smallest absolute Gasteiger partial charge is 0.281 e. The second-order valence-corrected chi connectivity index (χ2v) is 6.70. The largest absolute Gasteiger partial charge is 0.393 e. The Hall–Kier alpha value is -0.210. The van der Waals surface area contributed by atoms with E-state index in [4.69, 9.17) is 0 Å². The van der Waals surface area contributed by atoms with Gasteiger partial charge in [-0.1, -0.05) is 0 Å². The molecule has 0 saturated carbocycles. The van der Waals surface area contributed by atoms with Crippen molar-refractivity contribution in [2.75, 3.05) is 26.2 Å². The van der Waals surface area contributed by atoms with Crippen LogP contribution in [0.2, 0.25) is 0 Å². The molecule has 0 atom stereocenters. The molecule has 0 bridgehead atoms. The summed E-state index contributed by atoms with van der Waals surface area (Å²) in [5, 5.41) is 18.7. The number of nitrogens with zero attached hydrogens (tertiary/aromatic N) is 2. The second-order valence-electron chi connectivity index (χ2n) is 4.77. The summed E-state index contributed by atoms with van der Waals surface area (Å²) in [6.45, 7) is 1.57. The average molecular weight is 264 g/mol. The highest BCUT2D eigenvalue weighted by Gasteiger charge is 2.34. The maximum absolute atomic E-state index is 12.2. The Morgan fingerprint density at radius 1 is 0.765 bits per heavy atom. The minimum absolute atomic E-state index is 0.371. The zero-order chi connectivity index (χ0) is 12.5. The third-order valence-electron chi connectivity index (χ3n) is 3.50. The van der Waals surface area contributed by atoms with Gasteiger partial charge in [0.15, 0.2) is 0 Å². The molecule has 2 aliphatic rings. The molecule has 2 fully saturated rings. The van der Waals surface area contributed by atoms with Crippen molar-refractivity contribution in [1.82, 2.24) is 8.61 Å². The summed E-state index contributed by atoms with van der Waals surface area (Å²) in [5.41, 5.74) is 0. The molecule has 0 aromatic heterocycles. The van der Waals surface area contributed by atoms with Crippen molar-refractivity contribution in [3.05, 3.63) is 0 Å².